The fraction of sp³-hybridized carbons (Fsp3) is 0.583. The number of carbonyl (C=O) groups excluding carboxylic acids is 2. The van der Waals surface area contributed by atoms with E-state index in [4.69, 9.17) is 9.84 Å². The Labute approximate surface area is 128 Å². The van der Waals surface area contributed by atoms with Crippen molar-refractivity contribution in [3.63, 3.8) is 0 Å². The molecule has 0 aromatic heterocycles. The van der Waals surface area contributed by atoms with Crippen molar-refractivity contribution in [2.24, 2.45) is 0 Å². The average molecular weight is 319 g/mol. The summed E-state index contributed by atoms with van der Waals surface area (Å²) in [6, 6.07) is -1.07. The van der Waals surface area contributed by atoms with Crippen molar-refractivity contribution in [1.82, 2.24) is 15.8 Å². The summed E-state index contributed by atoms with van der Waals surface area (Å²) in [5.74, 6) is -1.87. The Morgan fingerprint density at radius 1 is 1.33 bits per heavy atom. The lowest BCUT2D eigenvalue weighted by atomic mass is 10.2. The number of thiol groups is 1. The Morgan fingerprint density at radius 2 is 1.86 bits per heavy atom. The van der Waals surface area contributed by atoms with Crippen LogP contribution >= 0.6 is 12.6 Å². The number of likely N-dealkylation sites (N-methyl/N-ethyl adjacent to an activating group) is 1. The van der Waals surface area contributed by atoms with E-state index in [0.29, 0.717) is 0 Å². The number of aliphatic carboxylic acids is 1. The number of carbonyl (C=O) groups is 3. The molecule has 0 aliphatic carbocycles. The van der Waals surface area contributed by atoms with Crippen molar-refractivity contribution in [3.05, 3.63) is 11.1 Å². The number of carboxylic acid groups (broad SMARTS) is 1. The van der Waals surface area contributed by atoms with Crippen molar-refractivity contribution in [2.75, 3.05) is 7.05 Å². The second-order valence-corrected chi connectivity index (χ2v) is 5.48. The number of rotatable bonds is 5. The molecule has 0 radical (unpaired) electrons. The van der Waals surface area contributed by atoms with Crippen LogP contribution in [0.15, 0.2) is 11.1 Å². The van der Waals surface area contributed by atoms with Gasteiger partial charge in [0.2, 0.25) is 0 Å². The van der Waals surface area contributed by atoms with Crippen molar-refractivity contribution < 1.29 is 24.2 Å². The smallest absolute Gasteiger partial charge is 0.426 e. The molecule has 0 spiro atoms. The van der Waals surface area contributed by atoms with Crippen molar-refractivity contribution in [1.29, 1.82) is 0 Å². The summed E-state index contributed by atoms with van der Waals surface area (Å²) in [6.07, 6.45) is -0.753. The summed E-state index contributed by atoms with van der Waals surface area (Å²) in [7, 11) is 1.40. The number of hydrogen-bond donors (Lipinski definition) is 4. The molecule has 21 heavy (non-hydrogen) atoms. The fourth-order valence-electron chi connectivity index (χ4n) is 1.13. The van der Waals surface area contributed by atoms with Crippen LogP contribution in [0.4, 0.5) is 4.79 Å². The van der Waals surface area contributed by atoms with E-state index in [1.54, 1.807) is 20.8 Å². The van der Waals surface area contributed by atoms with Gasteiger partial charge < -0.3 is 15.2 Å². The summed E-state index contributed by atoms with van der Waals surface area (Å²) >= 11 is 3.87. The molecule has 0 bridgehead atoms. The molecule has 0 aliphatic heterocycles. The molecule has 0 aromatic carbocycles. The summed E-state index contributed by atoms with van der Waals surface area (Å²) in [4.78, 5) is 34.2. The lowest BCUT2D eigenvalue weighted by Crippen LogP contribution is -2.47. The van der Waals surface area contributed by atoms with E-state index >= 15 is 0 Å². The lowest BCUT2D eigenvalue weighted by Gasteiger charge is -2.25. The molecule has 8 nitrogen and oxygen atoms in total. The van der Waals surface area contributed by atoms with Crippen LogP contribution in [0.3, 0.4) is 0 Å². The molecule has 0 aromatic rings. The van der Waals surface area contributed by atoms with Gasteiger partial charge >= 0.3 is 12.1 Å². The van der Waals surface area contributed by atoms with Crippen LogP contribution in [-0.4, -0.2) is 46.8 Å². The highest BCUT2D eigenvalue weighted by Crippen LogP contribution is 2.08. The van der Waals surface area contributed by atoms with Crippen molar-refractivity contribution in [3.8, 4) is 0 Å². The molecule has 0 heterocycles. The largest absolute Gasteiger partial charge is 0.480 e. The van der Waals surface area contributed by atoms with Gasteiger partial charge in [0.25, 0.3) is 5.91 Å². The van der Waals surface area contributed by atoms with Gasteiger partial charge in [-0.15, -0.1) is 12.6 Å². The second kappa shape index (κ2) is 7.77. The third kappa shape index (κ3) is 7.45. The van der Waals surface area contributed by atoms with Gasteiger partial charge in [0.1, 0.15) is 17.3 Å². The van der Waals surface area contributed by atoms with Gasteiger partial charge in [-0.05, 0) is 33.1 Å². The van der Waals surface area contributed by atoms with E-state index in [2.05, 4.69) is 23.4 Å². The van der Waals surface area contributed by atoms with Crippen LogP contribution < -0.4 is 10.7 Å². The fourth-order valence-corrected chi connectivity index (χ4v) is 1.42. The van der Waals surface area contributed by atoms with Gasteiger partial charge in [-0.1, -0.05) is 0 Å². The minimum atomic E-state index is -1.18. The zero-order chi connectivity index (χ0) is 16.8. The van der Waals surface area contributed by atoms with E-state index < -0.39 is 29.6 Å². The van der Waals surface area contributed by atoms with E-state index in [1.165, 1.54) is 14.0 Å². The Hall–Kier alpha value is -1.90. The maximum Gasteiger partial charge on any atom is 0.426 e. The van der Waals surface area contributed by atoms with Crippen molar-refractivity contribution in [2.45, 2.75) is 39.3 Å². The summed E-state index contributed by atoms with van der Waals surface area (Å²) in [5.41, 5.74) is 1.59. The van der Waals surface area contributed by atoms with Crippen LogP contribution in [-0.2, 0) is 14.3 Å². The first-order valence-corrected chi connectivity index (χ1v) is 6.61. The van der Waals surface area contributed by atoms with Crippen LogP contribution in [0.2, 0.25) is 0 Å². The average Bonchev–Trinajstić information content (AvgIpc) is 2.26. The first kappa shape index (κ1) is 19.1. The number of hydrazine groups is 1. The zero-order valence-corrected chi connectivity index (χ0v) is 13.5. The number of carboxylic acids is 1. The minimum Gasteiger partial charge on any atom is -0.480 e. The maximum atomic E-state index is 11.9. The molecule has 0 fully saturated rings. The van der Waals surface area contributed by atoms with Gasteiger partial charge in [0, 0.05) is 7.05 Å². The van der Waals surface area contributed by atoms with Crippen LogP contribution in [0, 0.1) is 0 Å². The van der Waals surface area contributed by atoms with Crippen LogP contribution in [0.5, 0.6) is 0 Å². The van der Waals surface area contributed by atoms with Gasteiger partial charge in [-0.25, -0.2) is 10.2 Å². The van der Waals surface area contributed by atoms with E-state index in [0.717, 1.165) is 10.4 Å². The molecule has 0 aliphatic rings. The standard InChI is InChI=1S/C12H21N3O5S/c1-7(10(17)18)13-9(16)8(6-21)15(5)14-11(19)20-12(2,3)4/h6-7,21H,1-5H3,(H,13,16)(H,14,19)(H,17,18)/b8-6-/t7-/m0/s1. The maximum absolute atomic E-state index is 11.9. The highest BCUT2D eigenvalue weighted by Gasteiger charge is 2.22. The molecule has 0 unspecified atom stereocenters. The third-order valence-electron chi connectivity index (χ3n) is 2.09. The number of nitrogens with one attached hydrogen (secondary N) is 2. The topological polar surface area (TPSA) is 108 Å². The lowest BCUT2D eigenvalue weighted by molar-refractivity contribution is -0.141. The Morgan fingerprint density at radius 3 is 2.24 bits per heavy atom. The quantitative estimate of drug-likeness (QED) is 0.338. The summed E-state index contributed by atoms with van der Waals surface area (Å²) in [5, 5.41) is 13.2. The highest BCUT2D eigenvalue weighted by molar-refractivity contribution is 7.83. The molecular formula is C12H21N3O5S. The first-order chi connectivity index (χ1) is 9.47. The Balaban J connectivity index is 4.70. The van der Waals surface area contributed by atoms with Crippen LogP contribution in [0.25, 0.3) is 0 Å². The molecule has 2 amide bonds. The monoisotopic (exact) mass is 319 g/mol. The summed E-state index contributed by atoms with van der Waals surface area (Å²) < 4.78 is 5.03. The second-order valence-electron chi connectivity index (χ2n) is 5.22. The Bertz CT molecular complexity index is 445. The predicted molar refractivity (Wildman–Crippen MR) is 79.4 cm³/mol. The summed E-state index contributed by atoms with van der Waals surface area (Å²) in [6.45, 7) is 6.41. The SMILES string of the molecule is C[C@H](NC(=O)/C(=C/S)N(C)NC(=O)OC(C)(C)C)C(=O)O. The van der Waals surface area contributed by atoms with E-state index in [1.807, 2.05) is 0 Å². The molecule has 0 saturated heterocycles. The van der Waals surface area contributed by atoms with Crippen LogP contribution in [0.1, 0.15) is 27.7 Å². The molecule has 3 N–H and O–H groups in total. The highest BCUT2D eigenvalue weighted by atomic mass is 32.1. The molecular weight excluding hydrogens is 298 g/mol. The molecule has 0 rings (SSSR count). The predicted octanol–water partition coefficient (Wildman–Crippen LogP) is 0.718. The molecule has 1 atom stereocenters. The first-order valence-electron chi connectivity index (χ1n) is 6.09. The number of hydrogen-bond acceptors (Lipinski definition) is 6. The van der Waals surface area contributed by atoms with E-state index in [-0.39, 0.29) is 5.70 Å². The zero-order valence-electron chi connectivity index (χ0n) is 12.6. The van der Waals surface area contributed by atoms with Gasteiger partial charge in [0.05, 0.1) is 0 Å². The minimum absolute atomic E-state index is 0.0442. The number of ether oxygens (including phenoxy) is 1. The van der Waals surface area contributed by atoms with Crippen molar-refractivity contribution >= 4 is 30.6 Å². The molecule has 120 valence electrons. The molecule has 9 heteroatoms. The number of nitrogens with zero attached hydrogens (tertiary/aromatic N) is 1. The van der Waals surface area contributed by atoms with Gasteiger partial charge in [-0.3, -0.25) is 14.6 Å². The number of amides is 2. The van der Waals surface area contributed by atoms with Gasteiger partial charge in [0.15, 0.2) is 0 Å². The Kier molecular flexibility index (Phi) is 7.07. The third-order valence-corrected chi connectivity index (χ3v) is 2.34. The van der Waals surface area contributed by atoms with Gasteiger partial charge in [-0.2, -0.15) is 0 Å². The normalized spacial score (nSPS) is 13.1. The van der Waals surface area contributed by atoms with E-state index in [9.17, 15) is 14.4 Å². The molecule has 0 saturated carbocycles.